The molecule has 8 nitrogen and oxygen atoms in total. The second kappa shape index (κ2) is 8.37. The van der Waals surface area contributed by atoms with Gasteiger partial charge in [-0.15, -0.1) is 0 Å². The van der Waals surface area contributed by atoms with Crippen LogP contribution in [0.4, 0.5) is 22.0 Å². The minimum atomic E-state index is -0.393. The first-order valence-electron chi connectivity index (χ1n) is 9.67. The lowest BCUT2D eigenvalue weighted by atomic mass is 10.0. The number of amides is 2. The number of hydrogen-bond acceptors (Lipinski definition) is 6. The van der Waals surface area contributed by atoms with Crippen LogP contribution in [0.2, 0.25) is 0 Å². The van der Waals surface area contributed by atoms with Crippen LogP contribution in [-0.4, -0.2) is 44.4 Å². The smallest absolute Gasteiger partial charge is 0.323 e. The van der Waals surface area contributed by atoms with Crippen LogP contribution in [0.1, 0.15) is 29.9 Å². The van der Waals surface area contributed by atoms with Crippen molar-refractivity contribution in [3.8, 4) is 11.9 Å². The average molecular weight is 393 g/mol. The Morgan fingerprint density at radius 1 is 1.24 bits per heavy atom. The summed E-state index contributed by atoms with van der Waals surface area (Å²) in [5, 5.41) is 14.9. The number of rotatable bonds is 5. The highest BCUT2D eigenvalue weighted by atomic mass is 16.5. The van der Waals surface area contributed by atoms with Gasteiger partial charge in [0.1, 0.15) is 11.5 Å². The van der Waals surface area contributed by atoms with Gasteiger partial charge in [0.2, 0.25) is 5.88 Å². The van der Waals surface area contributed by atoms with Gasteiger partial charge >= 0.3 is 6.03 Å². The van der Waals surface area contributed by atoms with Gasteiger partial charge in [0.15, 0.2) is 0 Å². The zero-order chi connectivity index (χ0) is 20.2. The summed E-state index contributed by atoms with van der Waals surface area (Å²) in [7, 11) is 1.52. The monoisotopic (exact) mass is 393 g/mol. The molecule has 0 spiro atoms. The van der Waals surface area contributed by atoms with Gasteiger partial charge in [-0.1, -0.05) is 0 Å². The maximum absolute atomic E-state index is 12.5. The molecule has 29 heavy (non-hydrogen) atoms. The maximum Gasteiger partial charge on any atom is 0.323 e. The number of urea groups is 1. The fourth-order valence-electron chi connectivity index (χ4n) is 3.41. The van der Waals surface area contributed by atoms with Gasteiger partial charge in [0.05, 0.1) is 32.0 Å². The molecule has 2 fully saturated rings. The summed E-state index contributed by atoms with van der Waals surface area (Å²) in [4.78, 5) is 19.1. The normalized spacial score (nSPS) is 16.1. The van der Waals surface area contributed by atoms with Crippen molar-refractivity contribution >= 4 is 23.2 Å². The minimum Gasteiger partial charge on any atom is -0.479 e. The largest absolute Gasteiger partial charge is 0.479 e. The zero-order valence-electron chi connectivity index (χ0n) is 16.3. The van der Waals surface area contributed by atoms with Crippen LogP contribution in [0.25, 0.3) is 0 Å². The lowest BCUT2D eigenvalue weighted by Gasteiger charge is -2.28. The Hall–Kier alpha value is -3.31. The van der Waals surface area contributed by atoms with Crippen molar-refractivity contribution in [2.75, 3.05) is 48.9 Å². The summed E-state index contributed by atoms with van der Waals surface area (Å²) in [6, 6.07) is 10.8. The highest BCUT2D eigenvalue weighted by molar-refractivity contribution is 6.00. The summed E-state index contributed by atoms with van der Waals surface area (Å²) < 4.78 is 10.7. The summed E-state index contributed by atoms with van der Waals surface area (Å²) in [6.07, 6.45) is 2.17. The maximum atomic E-state index is 12.5. The molecule has 8 heteroatoms. The molecular weight excluding hydrogens is 370 g/mol. The van der Waals surface area contributed by atoms with Crippen LogP contribution in [0.3, 0.4) is 0 Å². The predicted molar refractivity (Wildman–Crippen MR) is 110 cm³/mol. The second-order valence-electron chi connectivity index (χ2n) is 7.09. The molecule has 1 saturated heterocycles. The van der Waals surface area contributed by atoms with E-state index in [0.29, 0.717) is 41.9 Å². The number of ether oxygens (including phenoxy) is 2. The molecule has 1 aliphatic carbocycles. The number of benzene rings is 1. The predicted octanol–water partition coefficient (Wildman–Crippen LogP) is 3.32. The number of nitrogens with zero attached hydrogens (tertiary/aromatic N) is 3. The molecule has 1 aliphatic heterocycles. The van der Waals surface area contributed by atoms with E-state index in [9.17, 15) is 10.1 Å². The van der Waals surface area contributed by atoms with Crippen LogP contribution >= 0.6 is 0 Å². The number of anilines is 3. The highest BCUT2D eigenvalue weighted by Crippen LogP contribution is 2.42. The standard InChI is InChI=1S/C21H23N5O3/c1-28-20-18(6-7-19(25-20)26-8-10-29-11-9-26)24-21(27)23-16-5-4-15(13-22)17(12-16)14-2-3-14/h4-7,12,14H,2-3,8-11H2,1H3,(H2,23,24,27). The van der Waals surface area contributed by atoms with E-state index in [0.717, 1.165) is 37.3 Å². The van der Waals surface area contributed by atoms with E-state index in [1.54, 1.807) is 18.2 Å². The molecule has 1 saturated carbocycles. The topological polar surface area (TPSA) is 99.5 Å². The second-order valence-corrected chi connectivity index (χ2v) is 7.09. The van der Waals surface area contributed by atoms with E-state index in [-0.39, 0.29) is 0 Å². The number of nitriles is 1. The Morgan fingerprint density at radius 3 is 2.72 bits per heavy atom. The molecular formula is C21H23N5O3. The van der Waals surface area contributed by atoms with Crippen LogP contribution < -0.4 is 20.3 Å². The molecule has 0 radical (unpaired) electrons. The highest BCUT2D eigenvalue weighted by Gasteiger charge is 2.26. The molecule has 0 bridgehead atoms. The van der Waals surface area contributed by atoms with Gasteiger partial charge in [-0.3, -0.25) is 0 Å². The van der Waals surface area contributed by atoms with Gasteiger partial charge < -0.3 is 25.0 Å². The van der Waals surface area contributed by atoms with Gasteiger partial charge in [-0.25, -0.2) is 4.79 Å². The van der Waals surface area contributed by atoms with Crippen molar-refractivity contribution in [1.29, 1.82) is 5.26 Å². The Kier molecular flexibility index (Phi) is 5.49. The Morgan fingerprint density at radius 2 is 2.03 bits per heavy atom. The molecule has 2 amide bonds. The molecule has 0 unspecified atom stereocenters. The van der Waals surface area contributed by atoms with Crippen molar-refractivity contribution in [3.05, 3.63) is 41.5 Å². The number of methoxy groups -OCH3 is 1. The van der Waals surface area contributed by atoms with E-state index < -0.39 is 6.03 Å². The third-order valence-electron chi connectivity index (χ3n) is 5.07. The number of nitrogens with one attached hydrogen (secondary N) is 2. The quantitative estimate of drug-likeness (QED) is 0.808. The molecule has 2 N–H and O–H groups in total. The van der Waals surface area contributed by atoms with Crippen LogP contribution in [-0.2, 0) is 4.74 Å². The van der Waals surface area contributed by atoms with E-state index >= 15 is 0 Å². The number of hydrogen-bond donors (Lipinski definition) is 2. The van der Waals surface area contributed by atoms with Crippen LogP contribution in [0.5, 0.6) is 5.88 Å². The van der Waals surface area contributed by atoms with E-state index in [1.807, 2.05) is 12.1 Å². The number of carbonyl (C=O) groups excluding carboxylic acids is 1. The Labute approximate surface area is 169 Å². The molecule has 0 atom stereocenters. The lowest BCUT2D eigenvalue weighted by Crippen LogP contribution is -2.36. The first kappa shape index (κ1) is 19.0. The molecule has 150 valence electrons. The third-order valence-corrected chi connectivity index (χ3v) is 5.07. The SMILES string of the molecule is COc1nc(N2CCOCC2)ccc1NC(=O)Nc1ccc(C#N)c(C2CC2)c1. The molecule has 1 aromatic carbocycles. The van der Waals surface area contributed by atoms with E-state index in [1.165, 1.54) is 7.11 Å². The summed E-state index contributed by atoms with van der Waals surface area (Å²) >= 11 is 0. The van der Waals surface area contributed by atoms with Gasteiger partial charge in [-0.05, 0) is 54.7 Å². The van der Waals surface area contributed by atoms with Crippen molar-refractivity contribution in [3.63, 3.8) is 0 Å². The zero-order valence-corrected chi connectivity index (χ0v) is 16.3. The molecule has 2 aromatic rings. The fourth-order valence-corrected chi connectivity index (χ4v) is 3.41. The van der Waals surface area contributed by atoms with Gasteiger partial charge in [-0.2, -0.15) is 10.2 Å². The fraction of sp³-hybridized carbons (Fsp3) is 0.381. The van der Waals surface area contributed by atoms with Crippen molar-refractivity contribution in [2.45, 2.75) is 18.8 Å². The van der Waals surface area contributed by atoms with Gasteiger partial charge in [0.25, 0.3) is 0 Å². The molecule has 4 rings (SSSR count). The first-order valence-corrected chi connectivity index (χ1v) is 9.67. The Bertz CT molecular complexity index is 946. The van der Waals surface area contributed by atoms with Crippen LogP contribution in [0, 0.1) is 11.3 Å². The lowest BCUT2D eigenvalue weighted by molar-refractivity contribution is 0.122. The Balaban J connectivity index is 1.45. The van der Waals surface area contributed by atoms with Crippen molar-refractivity contribution in [2.24, 2.45) is 0 Å². The molecule has 2 aliphatic rings. The number of aromatic nitrogens is 1. The number of pyridine rings is 1. The molecule has 1 aromatic heterocycles. The molecule has 2 heterocycles. The number of carbonyl (C=O) groups is 1. The minimum absolute atomic E-state index is 0.350. The third kappa shape index (κ3) is 4.41. The van der Waals surface area contributed by atoms with Gasteiger partial charge in [0, 0.05) is 18.8 Å². The number of morpholine rings is 1. The first-order chi connectivity index (χ1) is 14.2. The van der Waals surface area contributed by atoms with E-state index in [2.05, 4.69) is 26.6 Å². The summed E-state index contributed by atoms with van der Waals surface area (Å²) in [6.45, 7) is 2.87. The van der Waals surface area contributed by atoms with Crippen LogP contribution in [0.15, 0.2) is 30.3 Å². The summed E-state index contributed by atoms with van der Waals surface area (Å²) in [5.74, 6) is 1.56. The van der Waals surface area contributed by atoms with Crippen molar-refractivity contribution in [1.82, 2.24) is 4.98 Å². The van der Waals surface area contributed by atoms with E-state index in [4.69, 9.17) is 9.47 Å². The van der Waals surface area contributed by atoms with Crippen molar-refractivity contribution < 1.29 is 14.3 Å². The average Bonchev–Trinajstić information content (AvgIpc) is 3.60. The summed E-state index contributed by atoms with van der Waals surface area (Å²) in [5.41, 5.74) is 2.81.